The predicted octanol–water partition coefficient (Wildman–Crippen LogP) is 3.13. The Kier molecular flexibility index (Phi) is 4.81. The van der Waals surface area contributed by atoms with Gasteiger partial charge in [0.1, 0.15) is 0 Å². The molecular weight excluding hydrogens is 324 g/mol. The van der Waals surface area contributed by atoms with Crippen LogP contribution in [0.2, 0.25) is 5.02 Å². The van der Waals surface area contributed by atoms with Gasteiger partial charge in [-0.2, -0.15) is 0 Å². The van der Waals surface area contributed by atoms with Gasteiger partial charge in [-0.1, -0.05) is 23.7 Å². The summed E-state index contributed by atoms with van der Waals surface area (Å²) in [5.41, 5.74) is 2.73. The van der Waals surface area contributed by atoms with Gasteiger partial charge in [0, 0.05) is 47.7 Å². The van der Waals surface area contributed by atoms with E-state index in [-0.39, 0.29) is 5.43 Å². The van der Waals surface area contributed by atoms with Gasteiger partial charge in [0.05, 0.1) is 5.60 Å². The van der Waals surface area contributed by atoms with Crippen molar-refractivity contribution in [3.05, 3.63) is 68.1 Å². The lowest BCUT2D eigenvalue weighted by Crippen LogP contribution is -2.42. The molecule has 0 amide bonds. The van der Waals surface area contributed by atoms with Gasteiger partial charge >= 0.3 is 0 Å². The lowest BCUT2D eigenvalue weighted by molar-refractivity contribution is -0.0280. The Morgan fingerprint density at radius 1 is 1.21 bits per heavy atom. The molecule has 2 heterocycles. The number of rotatable bonds is 3. The summed E-state index contributed by atoms with van der Waals surface area (Å²) in [7, 11) is 0. The lowest BCUT2D eigenvalue weighted by Gasteiger charge is -2.38. The van der Waals surface area contributed by atoms with Crippen LogP contribution in [-0.2, 0) is 12.1 Å². The molecule has 0 saturated carbocycles. The highest BCUT2D eigenvalue weighted by Gasteiger charge is 2.34. The molecule has 5 heteroatoms. The Hall–Kier alpha value is -1.62. The van der Waals surface area contributed by atoms with Crippen LogP contribution in [-0.4, -0.2) is 28.1 Å². The smallest absolute Gasteiger partial charge is 0.187 e. The standard InChI is InChI=1S/C19H23ClN2O2/c1-13-11-21-17(14(2)18(13)23)12-22-9-7-19(24,8-10-22)15-3-5-16(20)6-4-15/h3-6,11,24H,7-10,12H2,1-2H3,(H,21,23). The van der Waals surface area contributed by atoms with E-state index in [1.165, 1.54) is 0 Å². The number of aromatic nitrogens is 1. The highest BCUT2D eigenvalue weighted by molar-refractivity contribution is 6.30. The first-order chi connectivity index (χ1) is 11.4. The third-order valence-electron chi connectivity index (χ3n) is 5.06. The number of piperidine rings is 1. The van der Waals surface area contributed by atoms with Crippen LogP contribution in [0.4, 0.5) is 0 Å². The largest absolute Gasteiger partial charge is 0.385 e. The Labute approximate surface area is 147 Å². The average Bonchev–Trinajstić information content (AvgIpc) is 2.58. The number of H-pyrrole nitrogens is 1. The zero-order chi connectivity index (χ0) is 17.3. The van der Waals surface area contributed by atoms with Crippen molar-refractivity contribution in [3.63, 3.8) is 0 Å². The summed E-state index contributed by atoms with van der Waals surface area (Å²) in [6.45, 7) is 5.97. The van der Waals surface area contributed by atoms with E-state index in [0.717, 1.165) is 35.5 Å². The summed E-state index contributed by atoms with van der Waals surface area (Å²) >= 11 is 5.93. The van der Waals surface area contributed by atoms with E-state index < -0.39 is 5.60 Å². The Morgan fingerprint density at radius 3 is 2.46 bits per heavy atom. The van der Waals surface area contributed by atoms with Crippen molar-refractivity contribution in [1.29, 1.82) is 0 Å². The monoisotopic (exact) mass is 346 g/mol. The molecule has 2 aromatic rings. The van der Waals surface area contributed by atoms with Gasteiger partial charge in [0.2, 0.25) is 0 Å². The van der Waals surface area contributed by atoms with Gasteiger partial charge in [-0.15, -0.1) is 0 Å². The number of nitrogens with one attached hydrogen (secondary N) is 1. The topological polar surface area (TPSA) is 56.3 Å². The number of aryl methyl sites for hydroxylation is 1. The molecule has 0 spiro atoms. The second kappa shape index (κ2) is 6.71. The number of likely N-dealkylation sites (tertiary alicyclic amines) is 1. The molecule has 1 aliphatic heterocycles. The first-order valence-electron chi connectivity index (χ1n) is 8.27. The summed E-state index contributed by atoms with van der Waals surface area (Å²) in [4.78, 5) is 17.6. The fourth-order valence-electron chi connectivity index (χ4n) is 3.32. The second-order valence-electron chi connectivity index (χ2n) is 6.72. The van der Waals surface area contributed by atoms with Crippen molar-refractivity contribution in [2.75, 3.05) is 13.1 Å². The minimum Gasteiger partial charge on any atom is -0.385 e. The number of hydrogen-bond donors (Lipinski definition) is 2. The molecule has 1 aromatic heterocycles. The molecule has 0 bridgehead atoms. The van der Waals surface area contributed by atoms with Crippen LogP contribution in [0.25, 0.3) is 0 Å². The maximum atomic E-state index is 12.1. The molecule has 24 heavy (non-hydrogen) atoms. The molecular formula is C19H23ClN2O2. The fraction of sp³-hybridized carbons (Fsp3) is 0.421. The molecule has 4 nitrogen and oxygen atoms in total. The zero-order valence-electron chi connectivity index (χ0n) is 14.1. The highest BCUT2D eigenvalue weighted by Crippen LogP contribution is 2.33. The number of halogens is 1. The van der Waals surface area contributed by atoms with Crippen LogP contribution in [0, 0.1) is 13.8 Å². The molecule has 128 valence electrons. The van der Waals surface area contributed by atoms with Crippen molar-refractivity contribution in [2.24, 2.45) is 0 Å². The maximum absolute atomic E-state index is 12.1. The summed E-state index contributed by atoms with van der Waals surface area (Å²) in [5, 5.41) is 11.6. The van der Waals surface area contributed by atoms with E-state index in [2.05, 4.69) is 9.88 Å². The van der Waals surface area contributed by atoms with Gasteiger partial charge in [-0.05, 0) is 44.4 Å². The SMILES string of the molecule is Cc1c[nH]c(CN2CCC(O)(c3ccc(Cl)cc3)CC2)c(C)c1=O. The third kappa shape index (κ3) is 3.41. The summed E-state index contributed by atoms with van der Waals surface area (Å²) < 4.78 is 0. The first kappa shape index (κ1) is 17.2. The molecule has 1 aliphatic rings. The molecule has 1 fully saturated rings. The van der Waals surface area contributed by atoms with Gasteiger partial charge in [-0.3, -0.25) is 9.69 Å². The van der Waals surface area contributed by atoms with Gasteiger partial charge in [0.15, 0.2) is 5.43 Å². The Morgan fingerprint density at radius 2 is 1.83 bits per heavy atom. The number of pyridine rings is 1. The van der Waals surface area contributed by atoms with E-state index in [0.29, 0.717) is 24.4 Å². The van der Waals surface area contributed by atoms with Crippen LogP contribution >= 0.6 is 11.6 Å². The van der Waals surface area contributed by atoms with Crippen molar-refractivity contribution in [2.45, 2.75) is 38.8 Å². The van der Waals surface area contributed by atoms with Crippen LogP contribution in [0.15, 0.2) is 35.3 Å². The summed E-state index contributed by atoms with van der Waals surface area (Å²) in [6.07, 6.45) is 3.12. The molecule has 0 unspecified atom stereocenters. The second-order valence-corrected chi connectivity index (χ2v) is 7.16. The van der Waals surface area contributed by atoms with Crippen molar-refractivity contribution in [3.8, 4) is 0 Å². The van der Waals surface area contributed by atoms with Crippen LogP contribution in [0.3, 0.4) is 0 Å². The highest BCUT2D eigenvalue weighted by atomic mass is 35.5. The molecule has 3 rings (SSSR count). The Bertz CT molecular complexity index is 775. The quantitative estimate of drug-likeness (QED) is 0.897. The molecule has 0 aliphatic carbocycles. The molecule has 0 atom stereocenters. The van der Waals surface area contributed by atoms with Gasteiger partial charge in [-0.25, -0.2) is 0 Å². The normalized spacial score (nSPS) is 17.8. The van der Waals surface area contributed by atoms with E-state index in [9.17, 15) is 9.90 Å². The van der Waals surface area contributed by atoms with Crippen molar-refractivity contribution >= 4 is 11.6 Å². The van der Waals surface area contributed by atoms with Gasteiger partial charge in [0.25, 0.3) is 0 Å². The molecule has 1 saturated heterocycles. The average molecular weight is 347 g/mol. The van der Waals surface area contributed by atoms with E-state index in [4.69, 9.17) is 11.6 Å². The maximum Gasteiger partial charge on any atom is 0.187 e. The van der Waals surface area contributed by atoms with Crippen molar-refractivity contribution < 1.29 is 5.11 Å². The van der Waals surface area contributed by atoms with Crippen molar-refractivity contribution in [1.82, 2.24) is 9.88 Å². The minimum atomic E-state index is -0.795. The fourth-order valence-corrected chi connectivity index (χ4v) is 3.45. The Balaban J connectivity index is 1.68. The van der Waals surface area contributed by atoms with Crippen LogP contribution < -0.4 is 5.43 Å². The molecule has 1 aromatic carbocycles. The number of aromatic amines is 1. The van der Waals surface area contributed by atoms with Gasteiger partial charge < -0.3 is 10.1 Å². The minimum absolute atomic E-state index is 0.110. The summed E-state index contributed by atoms with van der Waals surface area (Å²) in [6, 6.07) is 7.45. The molecule has 2 N–H and O–H groups in total. The zero-order valence-corrected chi connectivity index (χ0v) is 14.9. The van der Waals surface area contributed by atoms with E-state index in [1.54, 1.807) is 6.20 Å². The van der Waals surface area contributed by atoms with Crippen LogP contribution in [0.5, 0.6) is 0 Å². The molecule has 0 radical (unpaired) electrons. The number of nitrogens with zero attached hydrogens (tertiary/aromatic N) is 1. The number of benzene rings is 1. The first-order valence-corrected chi connectivity index (χ1v) is 8.65. The summed E-state index contributed by atoms with van der Waals surface area (Å²) in [5.74, 6) is 0. The third-order valence-corrected chi connectivity index (χ3v) is 5.31. The predicted molar refractivity (Wildman–Crippen MR) is 96.4 cm³/mol. The van der Waals surface area contributed by atoms with Crippen LogP contribution in [0.1, 0.15) is 35.2 Å². The number of hydrogen-bond acceptors (Lipinski definition) is 3. The lowest BCUT2D eigenvalue weighted by atomic mass is 9.84. The number of aliphatic hydroxyl groups is 1. The van der Waals surface area contributed by atoms with E-state index in [1.807, 2.05) is 38.1 Å². The van der Waals surface area contributed by atoms with E-state index >= 15 is 0 Å².